The SMILES string of the molecule is NC(=Nc1ccc(F)cc1)NC(=O)NCl. The number of carbonyl (C=O) groups is 1. The van der Waals surface area contributed by atoms with Crippen molar-refractivity contribution in [2.24, 2.45) is 10.7 Å². The van der Waals surface area contributed by atoms with Crippen LogP contribution < -0.4 is 15.9 Å². The summed E-state index contributed by atoms with van der Waals surface area (Å²) < 4.78 is 12.5. The van der Waals surface area contributed by atoms with E-state index in [0.717, 1.165) is 0 Å². The predicted molar refractivity (Wildman–Crippen MR) is 55.2 cm³/mol. The van der Waals surface area contributed by atoms with Gasteiger partial charge in [0.1, 0.15) is 5.82 Å². The molecule has 0 bridgehead atoms. The predicted octanol–water partition coefficient (Wildman–Crippen LogP) is 1.22. The fourth-order valence-corrected chi connectivity index (χ4v) is 0.870. The van der Waals surface area contributed by atoms with Gasteiger partial charge in [-0.25, -0.2) is 19.0 Å². The van der Waals surface area contributed by atoms with Crippen LogP contribution in [-0.2, 0) is 0 Å². The summed E-state index contributed by atoms with van der Waals surface area (Å²) in [6.07, 6.45) is 0. The van der Waals surface area contributed by atoms with E-state index in [1.807, 2.05) is 0 Å². The Kier molecular flexibility index (Phi) is 3.87. The van der Waals surface area contributed by atoms with Crippen LogP contribution >= 0.6 is 11.8 Å². The Morgan fingerprint density at radius 2 is 2.00 bits per heavy atom. The van der Waals surface area contributed by atoms with Gasteiger partial charge in [0.15, 0.2) is 0 Å². The quantitative estimate of drug-likeness (QED) is 0.385. The van der Waals surface area contributed by atoms with Gasteiger partial charge >= 0.3 is 6.03 Å². The Morgan fingerprint density at radius 3 is 2.53 bits per heavy atom. The van der Waals surface area contributed by atoms with Gasteiger partial charge in [-0.2, -0.15) is 0 Å². The van der Waals surface area contributed by atoms with Crippen LogP contribution in [0.1, 0.15) is 0 Å². The summed E-state index contributed by atoms with van der Waals surface area (Å²) >= 11 is 5.00. The van der Waals surface area contributed by atoms with E-state index in [4.69, 9.17) is 17.5 Å². The molecule has 0 radical (unpaired) electrons. The number of rotatable bonds is 1. The number of benzene rings is 1. The minimum absolute atomic E-state index is 0.139. The number of nitrogens with two attached hydrogens (primary N) is 1. The van der Waals surface area contributed by atoms with E-state index in [1.54, 1.807) is 4.84 Å². The van der Waals surface area contributed by atoms with Crippen molar-refractivity contribution in [3.63, 3.8) is 0 Å². The highest BCUT2D eigenvalue weighted by Crippen LogP contribution is 2.11. The second-order valence-corrected chi connectivity index (χ2v) is 2.71. The number of amides is 2. The van der Waals surface area contributed by atoms with Gasteiger partial charge in [0.2, 0.25) is 5.96 Å². The minimum atomic E-state index is -0.694. The van der Waals surface area contributed by atoms with Gasteiger partial charge in [-0.15, -0.1) is 0 Å². The van der Waals surface area contributed by atoms with Crippen LogP contribution in [0.15, 0.2) is 29.3 Å². The van der Waals surface area contributed by atoms with Gasteiger partial charge in [0, 0.05) is 11.8 Å². The lowest BCUT2D eigenvalue weighted by molar-refractivity contribution is 0.250. The van der Waals surface area contributed by atoms with Crippen LogP contribution in [0, 0.1) is 5.82 Å². The summed E-state index contributed by atoms with van der Waals surface area (Å²) in [7, 11) is 0. The average Bonchev–Trinajstić information content (AvgIpc) is 2.21. The number of carbonyl (C=O) groups excluding carboxylic acids is 1. The summed E-state index contributed by atoms with van der Waals surface area (Å²) in [5.41, 5.74) is 5.77. The summed E-state index contributed by atoms with van der Waals surface area (Å²) in [6, 6.07) is 4.60. The smallest absolute Gasteiger partial charge is 0.336 e. The molecule has 0 aliphatic rings. The molecule has 0 atom stereocenters. The average molecular weight is 231 g/mol. The first-order valence-corrected chi connectivity index (χ1v) is 4.27. The van der Waals surface area contributed by atoms with Gasteiger partial charge in [0.05, 0.1) is 5.69 Å². The molecule has 15 heavy (non-hydrogen) atoms. The van der Waals surface area contributed by atoms with Crippen LogP contribution in [0.5, 0.6) is 0 Å². The lowest BCUT2D eigenvalue weighted by atomic mass is 10.3. The van der Waals surface area contributed by atoms with Gasteiger partial charge in [-0.1, -0.05) is 0 Å². The number of hydrogen-bond acceptors (Lipinski definition) is 2. The van der Waals surface area contributed by atoms with Gasteiger partial charge in [-0.3, -0.25) is 5.32 Å². The highest BCUT2D eigenvalue weighted by atomic mass is 35.5. The fourth-order valence-electron chi connectivity index (χ4n) is 0.823. The van der Waals surface area contributed by atoms with Crippen LogP contribution in [0.2, 0.25) is 0 Å². The lowest BCUT2D eigenvalue weighted by Gasteiger charge is -2.01. The zero-order chi connectivity index (χ0) is 11.3. The molecule has 4 N–H and O–H groups in total. The first-order chi connectivity index (χ1) is 7.11. The number of aliphatic imine (C=N–C) groups is 1. The number of hydrogen-bond donors (Lipinski definition) is 3. The Bertz CT molecular complexity index is 379. The molecule has 0 saturated heterocycles. The molecule has 0 aliphatic carbocycles. The van der Waals surface area contributed by atoms with Gasteiger partial charge in [0.25, 0.3) is 0 Å². The molecule has 5 nitrogen and oxygen atoms in total. The topological polar surface area (TPSA) is 79.5 Å². The third-order valence-electron chi connectivity index (χ3n) is 1.40. The summed E-state index contributed by atoms with van der Waals surface area (Å²) in [5.74, 6) is -0.515. The minimum Gasteiger partial charge on any atom is -0.369 e. The highest BCUT2D eigenvalue weighted by molar-refractivity contribution is 6.22. The van der Waals surface area contributed by atoms with E-state index in [2.05, 4.69) is 10.3 Å². The molecule has 7 heteroatoms. The normalized spacial score (nSPS) is 10.9. The summed E-state index contributed by atoms with van der Waals surface area (Å²) in [4.78, 5) is 16.3. The zero-order valence-corrected chi connectivity index (χ0v) is 8.25. The molecule has 0 aromatic heterocycles. The van der Waals surface area contributed by atoms with Crippen LogP contribution in [-0.4, -0.2) is 12.0 Å². The monoisotopic (exact) mass is 230 g/mol. The van der Waals surface area contributed by atoms with E-state index in [9.17, 15) is 9.18 Å². The Morgan fingerprint density at radius 1 is 1.40 bits per heavy atom. The fraction of sp³-hybridized carbons (Fsp3) is 0. The maximum atomic E-state index is 12.5. The third kappa shape index (κ3) is 3.82. The number of guanidine groups is 1. The molecular weight excluding hydrogens is 223 g/mol. The standard InChI is InChI=1S/C8H8ClFN4O/c9-14-8(15)13-7(11)12-6-3-1-5(10)2-4-6/h1-4H,(H4,11,12,13,14,15). The summed E-state index contributed by atoms with van der Waals surface area (Å²) in [6.45, 7) is 0. The number of nitrogens with zero attached hydrogens (tertiary/aromatic N) is 1. The van der Waals surface area contributed by atoms with Crippen molar-refractivity contribution in [3.8, 4) is 0 Å². The second-order valence-electron chi connectivity index (χ2n) is 2.52. The van der Waals surface area contributed by atoms with Crippen LogP contribution in [0.3, 0.4) is 0 Å². The van der Waals surface area contributed by atoms with E-state index >= 15 is 0 Å². The second kappa shape index (κ2) is 5.16. The zero-order valence-electron chi connectivity index (χ0n) is 7.50. The molecule has 1 aromatic carbocycles. The lowest BCUT2D eigenvalue weighted by Crippen LogP contribution is -2.40. The Hall–Kier alpha value is -1.82. The molecule has 0 fully saturated rings. The van der Waals surface area contributed by atoms with Gasteiger partial charge < -0.3 is 5.73 Å². The Labute approximate surface area is 90.2 Å². The van der Waals surface area contributed by atoms with E-state index in [-0.39, 0.29) is 11.8 Å². The van der Waals surface area contributed by atoms with Crippen molar-refractivity contribution in [1.29, 1.82) is 0 Å². The van der Waals surface area contributed by atoms with Crippen molar-refractivity contribution in [2.45, 2.75) is 0 Å². The molecule has 0 heterocycles. The van der Waals surface area contributed by atoms with Crippen LogP contribution in [0.25, 0.3) is 0 Å². The molecule has 2 amide bonds. The van der Waals surface area contributed by atoms with E-state index < -0.39 is 6.03 Å². The van der Waals surface area contributed by atoms with Crippen LogP contribution in [0.4, 0.5) is 14.9 Å². The van der Waals surface area contributed by atoms with Crippen molar-refractivity contribution in [1.82, 2.24) is 10.2 Å². The molecule has 1 rings (SSSR count). The van der Waals surface area contributed by atoms with E-state index in [0.29, 0.717) is 5.69 Å². The maximum absolute atomic E-state index is 12.5. The molecule has 80 valence electrons. The maximum Gasteiger partial charge on any atom is 0.336 e. The highest BCUT2D eigenvalue weighted by Gasteiger charge is 1.99. The first-order valence-electron chi connectivity index (χ1n) is 3.89. The van der Waals surface area contributed by atoms with Crippen molar-refractivity contribution in [2.75, 3.05) is 0 Å². The first kappa shape index (κ1) is 11.3. The molecule has 1 aromatic rings. The molecule has 0 spiro atoms. The van der Waals surface area contributed by atoms with E-state index in [1.165, 1.54) is 24.3 Å². The largest absolute Gasteiger partial charge is 0.369 e. The molecular formula is C8H8ClFN4O. The third-order valence-corrected chi connectivity index (χ3v) is 1.58. The summed E-state index contributed by atoms with van der Waals surface area (Å²) in [5, 5.41) is 2.14. The molecule has 0 saturated carbocycles. The Balaban J connectivity index is 2.70. The molecule has 0 aliphatic heterocycles. The number of nitrogens with one attached hydrogen (secondary N) is 2. The number of urea groups is 1. The van der Waals surface area contributed by atoms with Crippen molar-refractivity contribution in [3.05, 3.63) is 30.1 Å². The number of halogens is 2. The van der Waals surface area contributed by atoms with Crippen molar-refractivity contribution < 1.29 is 9.18 Å². The molecule has 0 unspecified atom stereocenters. The van der Waals surface area contributed by atoms with Gasteiger partial charge in [-0.05, 0) is 24.3 Å². The van der Waals surface area contributed by atoms with Crippen molar-refractivity contribution >= 4 is 29.5 Å².